The minimum atomic E-state index is 0. The maximum absolute atomic E-state index is 5.42. The van der Waals surface area contributed by atoms with Crippen LogP contribution in [-0.2, 0) is 38.3 Å². The first kappa shape index (κ1) is 29.5. The molecule has 164 valence electrons. The van der Waals surface area contributed by atoms with Crippen LogP contribution >= 0.6 is 0 Å². The first-order valence-corrected chi connectivity index (χ1v) is 10.3. The van der Waals surface area contributed by atoms with Gasteiger partial charge in [0, 0.05) is 24.5 Å². The van der Waals surface area contributed by atoms with Crippen molar-refractivity contribution in [3.8, 4) is 0 Å². The van der Waals surface area contributed by atoms with Gasteiger partial charge in [0.25, 0.3) is 0 Å². The van der Waals surface area contributed by atoms with Crippen molar-refractivity contribution in [2.45, 2.75) is 22.9 Å². The molecule has 0 spiro atoms. The second-order valence-electron chi connectivity index (χ2n) is 7.25. The Morgan fingerprint density at radius 3 is 1.26 bits per heavy atom. The van der Waals surface area contributed by atoms with Crippen LogP contribution in [0.5, 0.6) is 0 Å². The largest absolute Gasteiger partial charge is 2.00 e. The van der Waals surface area contributed by atoms with Gasteiger partial charge in [0.05, 0.1) is 0 Å². The summed E-state index contributed by atoms with van der Waals surface area (Å²) in [5.41, 5.74) is 14.7. The first-order chi connectivity index (χ1) is 14.2. The van der Waals surface area contributed by atoms with Gasteiger partial charge < -0.3 is 46.5 Å². The van der Waals surface area contributed by atoms with Crippen molar-refractivity contribution in [2.75, 3.05) is 39.7 Å². The Bertz CT molecular complexity index is 778. The summed E-state index contributed by atoms with van der Waals surface area (Å²) in [5.74, 6) is 0. The molecule has 0 unspecified atom stereocenters. The molecular weight excluding hydrogens is 617 g/mol. The monoisotopic (exact) mass is 648 g/mol. The molecule has 0 amide bonds. The SMILES string of the molecule is CN(C)Cc1[c]c(CN(C)C)ccc1.Nc1ccccc1[S-].Nc1ccccc1[S-].[Bi+2]. The van der Waals surface area contributed by atoms with Crippen LogP contribution in [0, 0.1) is 6.07 Å². The predicted octanol–water partition coefficient (Wildman–Crippen LogP) is 3.58. The Hall–Kier alpha value is -1.50. The minimum Gasteiger partial charge on any atom is -0.778 e. The van der Waals surface area contributed by atoms with Crippen molar-refractivity contribution < 1.29 is 0 Å². The molecule has 3 aromatic rings. The van der Waals surface area contributed by atoms with E-state index in [2.05, 4.69) is 62.3 Å². The Morgan fingerprint density at radius 1 is 0.645 bits per heavy atom. The summed E-state index contributed by atoms with van der Waals surface area (Å²) in [6, 6.07) is 24.5. The van der Waals surface area contributed by atoms with Crippen LogP contribution in [0.3, 0.4) is 0 Å². The topological polar surface area (TPSA) is 58.5 Å². The molecular formula is C24H31BiN4S2. The number of nitrogens with two attached hydrogens (primary N) is 2. The molecule has 0 aromatic heterocycles. The summed E-state index contributed by atoms with van der Waals surface area (Å²) in [6.07, 6.45) is 0. The number of nitrogen functional groups attached to an aromatic ring is 2. The van der Waals surface area contributed by atoms with Gasteiger partial charge in [-0.1, -0.05) is 54.6 Å². The maximum Gasteiger partial charge on any atom is 2.00 e. The second kappa shape index (κ2) is 16.2. The summed E-state index contributed by atoms with van der Waals surface area (Å²) >= 11 is 9.66. The molecule has 3 rings (SSSR count). The average Bonchev–Trinajstić information content (AvgIpc) is 2.67. The van der Waals surface area contributed by atoms with Gasteiger partial charge in [0.2, 0.25) is 0 Å². The van der Waals surface area contributed by atoms with E-state index in [1.165, 1.54) is 11.1 Å². The summed E-state index contributed by atoms with van der Waals surface area (Å²) in [5, 5.41) is 0. The molecule has 0 bridgehead atoms. The fourth-order valence-corrected chi connectivity index (χ4v) is 2.69. The van der Waals surface area contributed by atoms with E-state index < -0.39 is 0 Å². The van der Waals surface area contributed by atoms with Gasteiger partial charge in [-0.3, -0.25) is 0 Å². The van der Waals surface area contributed by atoms with Gasteiger partial charge >= 0.3 is 26.2 Å². The maximum atomic E-state index is 5.42. The Kier molecular flexibility index (Phi) is 15.4. The molecule has 0 atom stereocenters. The van der Waals surface area contributed by atoms with Gasteiger partial charge in [-0.05, 0) is 57.5 Å². The Labute approximate surface area is 218 Å². The fraction of sp³-hybridized carbons (Fsp3) is 0.250. The molecule has 7 heteroatoms. The molecule has 3 aromatic carbocycles. The van der Waals surface area contributed by atoms with E-state index in [0.717, 1.165) is 22.9 Å². The van der Waals surface area contributed by atoms with E-state index in [1.54, 1.807) is 12.1 Å². The third kappa shape index (κ3) is 13.5. The average molecular weight is 649 g/mol. The van der Waals surface area contributed by atoms with Crippen molar-refractivity contribution >= 4 is 62.8 Å². The normalized spacial score (nSPS) is 9.74. The zero-order chi connectivity index (χ0) is 22.5. The summed E-state index contributed by atoms with van der Waals surface area (Å²) in [7, 11) is 8.30. The quantitative estimate of drug-likeness (QED) is 0.257. The summed E-state index contributed by atoms with van der Waals surface area (Å²) in [4.78, 5) is 5.77. The van der Waals surface area contributed by atoms with Gasteiger partial charge in [-0.2, -0.15) is 9.79 Å². The van der Waals surface area contributed by atoms with Gasteiger partial charge in [0.15, 0.2) is 0 Å². The number of anilines is 2. The number of para-hydroxylation sites is 2. The van der Waals surface area contributed by atoms with Crippen molar-refractivity contribution in [3.05, 3.63) is 83.9 Å². The number of nitrogens with zero attached hydrogens (tertiary/aromatic N) is 2. The smallest absolute Gasteiger partial charge is 0.778 e. The third-order valence-corrected chi connectivity index (χ3v) is 4.47. The molecule has 0 aliphatic rings. The van der Waals surface area contributed by atoms with E-state index in [0.29, 0.717) is 11.4 Å². The first-order valence-electron chi connectivity index (χ1n) is 9.51. The van der Waals surface area contributed by atoms with Crippen LogP contribution in [0.1, 0.15) is 11.1 Å². The zero-order valence-corrected chi connectivity index (χ0v) is 23.7. The van der Waals surface area contributed by atoms with E-state index in [4.69, 9.17) is 36.7 Å². The fourth-order valence-electron chi connectivity index (χ4n) is 2.40. The number of hydrogen-bond acceptors (Lipinski definition) is 6. The van der Waals surface area contributed by atoms with Gasteiger partial charge in [0.1, 0.15) is 0 Å². The van der Waals surface area contributed by atoms with E-state index in [1.807, 2.05) is 36.4 Å². The van der Waals surface area contributed by atoms with E-state index in [9.17, 15) is 0 Å². The van der Waals surface area contributed by atoms with Crippen molar-refractivity contribution in [1.82, 2.24) is 9.80 Å². The minimum absolute atomic E-state index is 0. The third-order valence-electron chi connectivity index (χ3n) is 3.73. The molecule has 0 saturated heterocycles. The van der Waals surface area contributed by atoms with Crippen LogP contribution in [0.4, 0.5) is 11.4 Å². The number of hydrogen-bond donors (Lipinski definition) is 2. The van der Waals surface area contributed by atoms with Gasteiger partial charge in [-0.15, -0.1) is 0 Å². The van der Waals surface area contributed by atoms with Gasteiger partial charge in [-0.25, -0.2) is 0 Å². The molecule has 0 aliphatic carbocycles. The zero-order valence-electron chi connectivity index (χ0n) is 18.6. The molecule has 4 N–H and O–H groups in total. The van der Waals surface area contributed by atoms with Crippen LogP contribution in [0.2, 0.25) is 0 Å². The van der Waals surface area contributed by atoms with Crippen LogP contribution in [0.25, 0.3) is 0 Å². The molecule has 4 nitrogen and oxygen atoms in total. The predicted molar refractivity (Wildman–Crippen MR) is 139 cm³/mol. The summed E-state index contributed by atoms with van der Waals surface area (Å²) in [6.45, 7) is 1.92. The van der Waals surface area contributed by atoms with Crippen molar-refractivity contribution in [2.24, 2.45) is 0 Å². The molecule has 31 heavy (non-hydrogen) atoms. The number of rotatable bonds is 4. The Balaban J connectivity index is 0.000000456. The molecule has 4 radical (unpaired) electrons. The number of benzene rings is 3. The van der Waals surface area contributed by atoms with Crippen LogP contribution < -0.4 is 11.5 Å². The van der Waals surface area contributed by atoms with Crippen molar-refractivity contribution in [3.63, 3.8) is 0 Å². The Morgan fingerprint density at radius 2 is 1.00 bits per heavy atom. The standard InChI is InChI=1S/C12H19N2.2C6H7NS.Bi/c1-13(2)9-11-6-5-7-12(8-11)10-14(3)4;2*7-5-3-1-2-4-6(5)8;/h5-7H,9-10H2,1-4H3;2*1-4,8H,7H2;/q;;;+2/p-2. The molecule has 0 saturated carbocycles. The summed E-state index contributed by atoms with van der Waals surface area (Å²) < 4.78 is 0. The molecule has 0 aliphatic heterocycles. The molecule has 0 heterocycles. The van der Waals surface area contributed by atoms with E-state index in [-0.39, 0.29) is 26.2 Å². The van der Waals surface area contributed by atoms with Crippen molar-refractivity contribution in [1.29, 1.82) is 0 Å². The van der Waals surface area contributed by atoms with Crippen LogP contribution in [-0.4, -0.2) is 64.2 Å². The van der Waals surface area contributed by atoms with E-state index >= 15 is 0 Å². The second-order valence-corrected chi connectivity index (χ2v) is 8.13. The molecule has 0 fully saturated rings. The van der Waals surface area contributed by atoms with Crippen LogP contribution in [0.15, 0.2) is 76.5 Å².